The fourth-order valence-corrected chi connectivity index (χ4v) is 2.99. The standard InChI is InChI=1S/C15H25NO3/c1-11-12(6-5-9-19-11)14(18)16-10-15(2)8-4-3-7-13(15)17/h13,17H,3-10H2,1-2H3,(H,16,18). The molecule has 1 fully saturated rings. The summed E-state index contributed by atoms with van der Waals surface area (Å²) < 4.78 is 5.42. The van der Waals surface area contributed by atoms with Gasteiger partial charge in [-0.25, -0.2) is 0 Å². The Morgan fingerprint density at radius 1 is 1.47 bits per heavy atom. The van der Waals surface area contributed by atoms with E-state index in [-0.39, 0.29) is 17.4 Å². The van der Waals surface area contributed by atoms with E-state index in [2.05, 4.69) is 12.2 Å². The molecule has 19 heavy (non-hydrogen) atoms. The number of carbonyl (C=O) groups excluding carboxylic acids is 1. The predicted octanol–water partition coefficient (Wildman–Crippen LogP) is 2.13. The first-order valence-corrected chi connectivity index (χ1v) is 7.32. The summed E-state index contributed by atoms with van der Waals surface area (Å²) in [7, 11) is 0. The molecule has 0 saturated heterocycles. The summed E-state index contributed by atoms with van der Waals surface area (Å²) in [5, 5.41) is 13.1. The van der Waals surface area contributed by atoms with Crippen LogP contribution in [0.15, 0.2) is 11.3 Å². The van der Waals surface area contributed by atoms with Gasteiger partial charge in [-0.1, -0.05) is 19.8 Å². The van der Waals surface area contributed by atoms with Crippen molar-refractivity contribution in [3.05, 3.63) is 11.3 Å². The summed E-state index contributed by atoms with van der Waals surface area (Å²) in [5.74, 6) is 0.717. The average molecular weight is 267 g/mol. The highest BCUT2D eigenvalue weighted by molar-refractivity contribution is 5.93. The van der Waals surface area contributed by atoms with E-state index in [0.717, 1.165) is 49.9 Å². The lowest BCUT2D eigenvalue weighted by Gasteiger charge is -2.38. The number of aliphatic hydroxyl groups excluding tert-OH is 1. The van der Waals surface area contributed by atoms with Gasteiger partial charge in [0.25, 0.3) is 5.91 Å². The van der Waals surface area contributed by atoms with Crippen LogP contribution in [0, 0.1) is 5.41 Å². The van der Waals surface area contributed by atoms with Crippen molar-refractivity contribution >= 4 is 5.91 Å². The van der Waals surface area contributed by atoms with Gasteiger partial charge in [0.2, 0.25) is 0 Å². The quantitative estimate of drug-likeness (QED) is 0.823. The smallest absolute Gasteiger partial charge is 0.250 e. The van der Waals surface area contributed by atoms with Crippen molar-refractivity contribution < 1.29 is 14.6 Å². The summed E-state index contributed by atoms with van der Waals surface area (Å²) in [6.07, 6.45) is 5.42. The minimum Gasteiger partial charge on any atom is -0.498 e. The first-order valence-electron chi connectivity index (χ1n) is 7.32. The van der Waals surface area contributed by atoms with Gasteiger partial charge in [0.1, 0.15) is 5.76 Å². The van der Waals surface area contributed by atoms with Crippen LogP contribution in [-0.2, 0) is 9.53 Å². The summed E-state index contributed by atoms with van der Waals surface area (Å²) in [6, 6.07) is 0. The van der Waals surface area contributed by atoms with Crippen molar-refractivity contribution in [3.8, 4) is 0 Å². The van der Waals surface area contributed by atoms with E-state index in [1.165, 1.54) is 0 Å². The van der Waals surface area contributed by atoms with Gasteiger partial charge < -0.3 is 15.2 Å². The van der Waals surface area contributed by atoms with Crippen LogP contribution in [-0.4, -0.2) is 30.3 Å². The molecule has 0 bridgehead atoms. The van der Waals surface area contributed by atoms with Gasteiger partial charge in [-0.2, -0.15) is 0 Å². The molecule has 1 saturated carbocycles. The van der Waals surface area contributed by atoms with E-state index in [1.807, 2.05) is 6.92 Å². The van der Waals surface area contributed by atoms with Crippen LogP contribution in [0.25, 0.3) is 0 Å². The van der Waals surface area contributed by atoms with E-state index >= 15 is 0 Å². The van der Waals surface area contributed by atoms with Crippen molar-refractivity contribution in [2.45, 2.75) is 58.5 Å². The number of hydrogen-bond donors (Lipinski definition) is 2. The predicted molar refractivity (Wildman–Crippen MR) is 73.5 cm³/mol. The lowest BCUT2D eigenvalue weighted by Crippen LogP contribution is -2.45. The summed E-state index contributed by atoms with van der Waals surface area (Å²) in [5.41, 5.74) is 0.581. The average Bonchev–Trinajstić information content (AvgIpc) is 2.40. The lowest BCUT2D eigenvalue weighted by molar-refractivity contribution is -0.119. The van der Waals surface area contributed by atoms with Gasteiger partial charge in [-0.15, -0.1) is 0 Å². The second-order valence-corrected chi connectivity index (χ2v) is 6.09. The van der Waals surface area contributed by atoms with Gasteiger partial charge in [-0.05, 0) is 32.6 Å². The molecular weight excluding hydrogens is 242 g/mol. The van der Waals surface area contributed by atoms with Gasteiger partial charge in [0.05, 0.1) is 18.3 Å². The van der Waals surface area contributed by atoms with Crippen LogP contribution in [0.5, 0.6) is 0 Å². The third-order valence-corrected chi connectivity index (χ3v) is 4.52. The molecule has 2 aliphatic rings. The number of amides is 1. The molecule has 0 radical (unpaired) electrons. The number of carbonyl (C=O) groups is 1. The van der Waals surface area contributed by atoms with E-state index in [1.54, 1.807) is 0 Å². The highest BCUT2D eigenvalue weighted by Crippen LogP contribution is 2.35. The summed E-state index contributed by atoms with van der Waals surface area (Å²) >= 11 is 0. The first kappa shape index (κ1) is 14.4. The van der Waals surface area contributed by atoms with Gasteiger partial charge >= 0.3 is 0 Å². The highest BCUT2D eigenvalue weighted by atomic mass is 16.5. The zero-order valence-corrected chi connectivity index (χ0v) is 12.0. The largest absolute Gasteiger partial charge is 0.498 e. The van der Waals surface area contributed by atoms with Crippen LogP contribution in [0.1, 0.15) is 52.4 Å². The molecular formula is C15H25NO3. The van der Waals surface area contributed by atoms with Crippen LogP contribution in [0.4, 0.5) is 0 Å². The topological polar surface area (TPSA) is 58.6 Å². The molecule has 2 atom stereocenters. The van der Waals surface area contributed by atoms with Crippen LogP contribution in [0.2, 0.25) is 0 Å². The Balaban J connectivity index is 1.92. The summed E-state index contributed by atoms with van der Waals surface area (Å²) in [4.78, 5) is 12.2. The van der Waals surface area contributed by atoms with E-state index < -0.39 is 0 Å². The fourth-order valence-electron chi connectivity index (χ4n) is 2.99. The zero-order valence-electron chi connectivity index (χ0n) is 12.0. The van der Waals surface area contributed by atoms with Crippen molar-refractivity contribution in [2.75, 3.05) is 13.2 Å². The van der Waals surface area contributed by atoms with Crippen molar-refractivity contribution in [1.82, 2.24) is 5.32 Å². The molecule has 4 nitrogen and oxygen atoms in total. The molecule has 2 N–H and O–H groups in total. The minimum atomic E-state index is -0.306. The first-order chi connectivity index (χ1) is 9.03. The Hall–Kier alpha value is -1.03. The van der Waals surface area contributed by atoms with Crippen LogP contribution >= 0.6 is 0 Å². The molecule has 2 rings (SSSR count). The molecule has 108 valence electrons. The van der Waals surface area contributed by atoms with E-state index in [4.69, 9.17) is 4.74 Å². The maximum atomic E-state index is 12.2. The number of rotatable bonds is 3. The second kappa shape index (κ2) is 5.95. The fraction of sp³-hybridized carbons (Fsp3) is 0.800. The normalized spacial score (nSPS) is 31.8. The molecule has 4 heteroatoms. The van der Waals surface area contributed by atoms with Gasteiger partial charge in [0, 0.05) is 12.0 Å². The third kappa shape index (κ3) is 3.30. The number of hydrogen-bond acceptors (Lipinski definition) is 3. The maximum Gasteiger partial charge on any atom is 0.250 e. The number of nitrogens with one attached hydrogen (secondary N) is 1. The molecule has 1 aliphatic carbocycles. The van der Waals surface area contributed by atoms with Crippen molar-refractivity contribution in [1.29, 1.82) is 0 Å². The summed E-state index contributed by atoms with van der Waals surface area (Å²) in [6.45, 7) is 5.17. The maximum absolute atomic E-state index is 12.2. The molecule has 1 heterocycles. The Labute approximate surface area is 115 Å². The third-order valence-electron chi connectivity index (χ3n) is 4.52. The van der Waals surface area contributed by atoms with Gasteiger partial charge in [0.15, 0.2) is 0 Å². The second-order valence-electron chi connectivity index (χ2n) is 6.09. The SMILES string of the molecule is CC1=C(C(=O)NCC2(C)CCCCC2O)CCCO1. The van der Waals surface area contributed by atoms with Crippen molar-refractivity contribution in [3.63, 3.8) is 0 Å². The minimum absolute atomic E-state index is 0.0313. The molecule has 0 aromatic heterocycles. The van der Waals surface area contributed by atoms with E-state index in [9.17, 15) is 9.90 Å². The Bertz CT molecular complexity index is 378. The Morgan fingerprint density at radius 3 is 2.95 bits per heavy atom. The molecule has 1 aliphatic heterocycles. The number of allylic oxidation sites excluding steroid dienone is 1. The number of ether oxygens (including phenoxy) is 1. The van der Waals surface area contributed by atoms with Crippen LogP contribution < -0.4 is 5.32 Å². The Kier molecular flexibility index (Phi) is 4.50. The molecule has 1 amide bonds. The molecule has 0 aromatic rings. The zero-order chi connectivity index (χ0) is 13.9. The molecule has 0 aromatic carbocycles. The number of aliphatic hydroxyl groups is 1. The lowest BCUT2D eigenvalue weighted by atomic mass is 9.73. The van der Waals surface area contributed by atoms with Crippen LogP contribution in [0.3, 0.4) is 0 Å². The highest BCUT2D eigenvalue weighted by Gasteiger charge is 2.35. The monoisotopic (exact) mass is 267 g/mol. The van der Waals surface area contributed by atoms with Crippen molar-refractivity contribution in [2.24, 2.45) is 5.41 Å². The Morgan fingerprint density at radius 2 is 2.26 bits per heavy atom. The van der Waals surface area contributed by atoms with E-state index in [0.29, 0.717) is 13.2 Å². The van der Waals surface area contributed by atoms with Gasteiger partial charge in [-0.3, -0.25) is 4.79 Å². The molecule has 0 spiro atoms. The molecule has 2 unspecified atom stereocenters.